The third-order valence-corrected chi connectivity index (χ3v) is 4.42. The molecule has 5 nitrogen and oxygen atoms in total. The van der Waals surface area contributed by atoms with Gasteiger partial charge in [-0.2, -0.15) is 0 Å². The Morgan fingerprint density at radius 3 is 2.31 bits per heavy atom. The van der Waals surface area contributed by atoms with Crippen molar-refractivity contribution in [3.05, 3.63) is 45.9 Å². The van der Waals surface area contributed by atoms with E-state index < -0.39 is 0 Å². The lowest BCUT2D eigenvalue weighted by atomic mass is 10.1. The SMILES string of the molecule is CCOc1c(CNCCc2ccc(OC)c(OC)c2)cc(Br)cc1OC. The van der Waals surface area contributed by atoms with Crippen LogP contribution in [0, 0.1) is 0 Å². The Balaban J connectivity index is 1.99. The molecule has 0 bridgehead atoms. The molecular formula is C20H26BrNO4. The number of hydrogen-bond donors (Lipinski definition) is 1. The van der Waals surface area contributed by atoms with Crippen LogP contribution in [-0.2, 0) is 13.0 Å². The molecule has 0 spiro atoms. The first-order valence-corrected chi connectivity index (χ1v) is 9.33. The zero-order chi connectivity index (χ0) is 18.9. The highest BCUT2D eigenvalue weighted by atomic mass is 79.9. The van der Waals surface area contributed by atoms with Crippen LogP contribution >= 0.6 is 15.9 Å². The van der Waals surface area contributed by atoms with Crippen molar-refractivity contribution >= 4 is 15.9 Å². The molecule has 26 heavy (non-hydrogen) atoms. The molecule has 0 aliphatic carbocycles. The second-order valence-electron chi connectivity index (χ2n) is 5.65. The lowest BCUT2D eigenvalue weighted by molar-refractivity contribution is 0.306. The molecule has 2 aromatic rings. The average Bonchev–Trinajstić information content (AvgIpc) is 2.66. The molecule has 0 aliphatic heterocycles. The number of methoxy groups -OCH3 is 3. The monoisotopic (exact) mass is 423 g/mol. The van der Waals surface area contributed by atoms with Crippen molar-refractivity contribution in [2.45, 2.75) is 19.9 Å². The Morgan fingerprint density at radius 1 is 0.923 bits per heavy atom. The molecule has 0 saturated carbocycles. The van der Waals surface area contributed by atoms with Gasteiger partial charge < -0.3 is 24.3 Å². The maximum absolute atomic E-state index is 5.77. The fraction of sp³-hybridized carbons (Fsp3) is 0.400. The zero-order valence-electron chi connectivity index (χ0n) is 15.7. The Labute approximate surface area is 163 Å². The summed E-state index contributed by atoms with van der Waals surface area (Å²) in [5.74, 6) is 3.02. The van der Waals surface area contributed by atoms with Gasteiger partial charge in [0.2, 0.25) is 0 Å². The van der Waals surface area contributed by atoms with E-state index in [1.165, 1.54) is 5.56 Å². The van der Waals surface area contributed by atoms with Crippen molar-refractivity contribution in [2.75, 3.05) is 34.5 Å². The summed E-state index contributed by atoms with van der Waals surface area (Å²) in [6.07, 6.45) is 0.884. The van der Waals surface area contributed by atoms with Crippen molar-refractivity contribution in [1.29, 1.82) is 0 Å². The number of halogens is 1. The summed E-state index contributed by atoms with van der Waals surface area (Å²) in [5, 5.41) is 3.47. The highest BCUT2D eigenvalue weighted by Gasteiger charge is 2.12. The lowest BCUT2D eigenvalue weighted by Crippen LogP contribution is -2.17. The Morgan fingerprint density at radius 2 is 1.65 bits per heavy atom. The Hall–Kier alpha value is -1.92. The second kappa shape index (κ2) is 10.3. The van der Waals surface area contributed by atoms with Crippen LogP contribution in [0.5, 0.6) is 23.0 Å². The summed E-state index contributed by atoms with van der Waals surface area (Å²) in [5.41, 5.74) is 2.25. The quantitative estimate of drug-likeness (QED) is 0.580. The number of benzene rings is 2. The minimum atomic E-state index is 0.594. The molecule has 0 radical (unpaired) electrons. The first-order valence-electron chi connectivity index (χ1n) is 8.53. The van der Waals surface area contributed by atoms with Gasteiger partial charge in [0.1, 0.15) is 0 Å². The molecule has 0 unspecified atom stereocenters. The van der Waals surface area contributed by atoms with Crippen molar-refractivity contribution in [3.8, 4) is 23.0 Å². The molecule has 6 heteroatoms. The molecule has 0 fully saturated rings. The van der Waals surface area contributed by atoms with Gasteiger partial charge in [-0.1, -0.05) is 22.0 Å². The highest BCUT2D eigenvalue weighted by Crippen LogP contribution is 2.35. The van der Waals surface area contributed by atoms with E-state index in [9.17, 15) is 0 Å². The van der Waals surface area contributed by atoms with Gasteiger partial charge in [0.05, 0.1) is 27.9 Å². The molecular weight excluding hydrogens is 398 g/mol. The number of ether oxygens (including phenoxy) is 4. The Bertz CT molecular complexity index is 721. The first kappa shape index (κ1) is 20.4. The average molecular weight is 424 g/mol. The second-order valence-corrected chi connectivity index (χ2v) is 6.56. The van der Waals surface area contributed by atoms with E-state index >= 15 is 0 Å². The summed E-state index contributed by atoms with van der Waals surface area (Å²) in [7, 11) is 4.94. The molecule has 0 aromatic heterocycles. The van der Waals surface area contributed by atoms with E-state index in [-0.39, 0.29) is 0 Å². The normalized spacial score (nSPS) is 10.5. The highest BCUT2D eigenvalue weighted by molar-refractivity contribution is 9.10. The summed E-state index contributed by atoms with van der Waals surface area (Å²) in [4.78, 5) is 0. The van der Waals surface area contributed by atoms with Crippen LogP contribution < -0.4 is 24.3 Å². The summed E-state index contributed by atoms with van der Waals surface area (Å²) in [6.45, 7) is 4.08. The van der Waals surface area contributed by atoms with Gasteiger partial charge in [-0.15, -0.1) is 0 Å². The van der Waals surface area contributed by atoms with Crippen LogP contribution in [0.4, 0.5) is 0 Å². The van der Waals surface area contributed by atoms with Gasteiger partial charge in [-0.05, 0) is 49.7 Å². The van der Waals surface area contributed by atoms with Crippen LogP contribution in [0.1, 0.15) is 18.1 Å². The fourth-order valence-electron chi connectivity index (χ4n) is 2.71. The Kier molecular flexibility index (Phi) is 8.06. The van der Waals surface area contributed by atoms with Crippen LogP contribution in [0.2, 0.25) is 0 Å². The lowest BCUT2D eigenvalue weighted by Gasteiger charge is -2.15. The van der Waals surface area contributed by atoms with E-state index in [1.807, 2.05) is 25.1 Å². The van der Waals surface area contributed by atoms with Gasteiger partial charge in [0.15, 0.2) is 23.0 Å². The molecule has 0 aliphatic rings. The van der Waals surface area contributed by atoms with Crippen molar-refractivity contribution < 1.29 is 18.9 Å². The van der Waals surface area contributed by atoms with E-state index in [1.54, 1.807) is 21.3 Å². The number of nitrogens with one attached hydrogen (secondary N) is 1. The summed E-state index contributed by atoms with van der Waals surface area (Å²) < 4.78 is 22.8. The van der Waals surface area contributed by atoms with Crippen LogP contribution in [0.25, 0.3) is 0 Å². The molecule has 1 N–H and O–H groups in total. The molecule has 0 heterocycles. The predicted octanol–water partition coefficient (Wildman–Crippen LogP) is 4.21. The zero-order valence-corrected chi connectivity index (χ0v) is 17.3. The maximum atomic E-state index is 5.77. The largest absolute Gasteiger partial charge is 0.493 e. The maximum Gasteiger partial charge on any atom is 0.165 e. The third kappa shape index (κ3) is 5.29. The van der Waals surface area contributed by atoms with Gasteiger partial charge in [0, 0.05) is 16.6 Å². The minimum Gasteiger partial charge on any atom is -0.493 e. The minimum absolute atomic E-state index is 0.594. The van der Waals surface area contributed by atoms with Gasteiger partial charge in [-0.25, -0.2) is 0 Å². The topological polar surface area (TPSA) is 49.0 Å². The standard InChI is InChI=1S/C20H26BrNO4/c1-5-26-20-15(11-16(21)12-19(20)25-4)13-22-9-8-14-6-7-17(23-2)18(10-14)24-3/h6-7,10-12,22H,5,8-9,13H2,1-4H3. The summed E-state index contributed by atoms with van der Waals surface area (Å²) >= 11 is 3.53. The molecule has 0 atom stereocenters. The van der Waals surface area contributed by atoms with Crippen molar-refractivity contribution in [3.63, 3.8) is 0 Å². The fourth-order valence-corrected chi connectivity index (χ4v) is 3.19. The summed E-state index contributed by atoms with van der Waals surface area (Å²) in [6, 6.07) is 9.96. The van der Waals surface area contributed by atoms with E-state index in [4.69, 9.17) is 18.9 Å². The third-order valence-electron chi connectivity index (χ3n) is 3.96. The number of hydrogen-bond acceptors (Lipinski definition) is 5. The van der Waals surface area contributed by atoms with Crippen LogP contribution in [0.3, 0.4) is 0 Å². The van der Waals surface area contributed by atoms with Gasteiger partial charge in [0.25, 0.3) is 0 Å². The smallest absolute Gasteiger partial charge is 0.165 e. The van der Waals surface area contributed by atoms with Crippen LogP contribution in [-0.4, -0.2) is 34.5 Å². The molecule has 142 valence electrons. The van der Waals surface area contributed by atoms with Gasteiger partial charge in [-0.3, -0.25) is 0 Å². The van der Waals surface area contributed by atoms with Gasteiger partial charge >= 0.3 is 0 Å². The first-order chi connectivity index (χ1) is 12.6. The predicted molar refractivity (Wildman–Crippen MR) is 107 cm³/mol. The molecule has 2 rings (SSSR count). The van der Waals surface area contributed by atoms with E-state index in [0.717, 1.165) is 46.0 Å². The van der Waals surface area contributed by atoms with E-state index in [2.05, 4.69) is 33.4 Å². The number of rotatable bonds is 10. The molecule has 0 amide bonds. The van der Waals surface area contributed by atoms with E-state index in [0.29, 0.717) is 13.2 Å². The molecule has 0 saturated heterocycles. The molecule has 2 aromatic carbocycles. The van der Waals surface area contributed by atoms with Crippen molar-refractivity contribution in [1.82, 2.24) is 5.32 Å². The van der Waals surface area contributed by atoms with Crippen molar-refractivity contribution in [2.24, 2.45) is 0 Å². The van der Waals surface area contributed by atoms with Crippen LogP contribution in [0.15, 0.2) is 34.8 Å².